The summed E-state index contributed by atoms with van der Waals surface area (Å²) in [7, 11) is 0. The van der Waals surface area contributed by atoms with Crippen LogP contribution in [0.2, 0.25) is 0 Å². The van der Waals surface area contributed by atoms with E-state index in [2.05, 4.69) is 0 Å². The highest BCUT2D eigenvalue weighted by Crippen LogP contribution is 2.38. The number of carbonyl (C=O) groups is 2. The Kier molecular flexibility index (Phi) is 4.73. The van der Waals surface area contributed by atoms with Crippen molar-refractivity contribution in [3.63, 3.8) is 0 Å². The van der Waals surface area contributed by atoms with Crippen molar-refractivity contribution in [3.05, 3.63) is 12.2 Å². The molecular formula is C13H20O4. The molecule has 0 heterocycles. The highest BCUT2D eigenvalue weighted by atomic mass is 16.5. The summed E-state index contributed by atoms with van der Waals surface area (Å²) in [4.78, 5) is 23.1. The van der Waals surface area contributed by atoms with E-state index in [-0.39, 0.29) is 0 Å². The van der Waals surface area contributed by atoms with Crippen LogP contribution in [0.1, 0.15) is 39.5 Å². The number of esters is 1. The second-order valence-corrected chi connectivity index (χ2v) is 4.64. The molecule has 96 valence electrons. The molecule has 0 aromatic heterocycles. The Labute approximate surface area is 102 Å². The summed E-state index contributed by atoms with van der Waals surface area (Å²) in [5.74, 6) is -2.03. The lowest BCUT2D eigenvalue weighted by atomic mass is 9.71. The van der Waals surface area contributed by atoms with Crippen LogP contribution in [0.5, 0.6) is 0 Å². The molecule has 0 radical (unpaired) electrons. The van der Waals surface area contributed by atoms with Crippen molar-refractivity contribution in [3.8, 4) is 0 Å². The molecule has 1 aliphatic rings. The Bertz CT molecular complexity index is 321. The predicted octanol–water partition coefficient (Wildman–Crippen LogP) is 2.39. The van der Waals surface area contributed by atoms with Crippen molar-refractivity contribution in [2.24, 2.45) is 11.3 Å². The Morgan fingerprint density at radius 3 is 2.82 bits per heavy atom. The Hall–Kier alpha value is -1.32. The largest absolute Gasteiger partial charge is 0.481 e. The molecule has 2 atom stereocenters. The van der Waals surface area contributed by atoms with Gasteiger partial charge in [-0.15, -0.1) is 0 Å². The molecule has 0 aromatic rings. The summed E-state index contributed by atoms with van der Waals surface area (Å²) in [6.07, 6.45) is 6.50. The number of unbranched alkanes of at least 4 members (excludes halogenated alkanes) is 1. The van der Waals surface area contributed by atoms with E-state index in [1.165, 1.54) is 0 Å². The standard InChI is InChI=1S/C13H20O4/c1-3-4-9-17-12(16)13(2)8-6-5-7-10(13)11(14)15/h6,8,10H,3-5,7,9H2,1-2H3,(H,14,15). The SMILES string of the molecule is CCCCOC(=O)C1(C)C=CCCC1C(=O)O. The maximum Gasteiger partial charge on any atom is 0.316 e. The maximum atomic E-state index is 12.0. The first-order valence-electron chi connectivity index (χ1n) is 6.10. The first-order chi connectivity index (χ1) is 8.02. The van der Waals surface area contributed by atoms with Crippen molar-refractivity contribution in [2.45, 2.75) is 39.5 Å². The summed E-state index contributed by atoms with van der Waals surface area (Å²) in [5, 5.41) is 9.15. The molecule has 0 amide bonds. The maximum absolute atomic E-state index is 12.0. The zero-order valence-electron chi connectivity index (χ0n) is 10.4. The Morgan fingerprint density at radius 1 is 1.53 bits per heavy atom. The molecule has 0 saturated heterocycles. The lowest BCUT2D eigenvalue weighted by Gasteiger charge is -2.32. The molecule has 2 unspecified atom stereocenters. The van der Waals surface area contributed by atoms with Gasteiger partial charge in [0.2, 0.25) is 0 Å². The van der Waals surface area contributed by atoms with Crippen molar-refractivity contribution in [2.75, 3.05) is 6.61 Å². The van der Waals surface area contributed by atoms with E-state index >= 15 is 0 Å². The number of ether oxygens (including phenoxy) is 1. The van der Waals surface area contributed by atoms with E-state index in [4.69, 9.17) is 9.84 Å². The minimum Gasteiger partial charge on any atom is -0.481 e. The highest BCUT2D eigenvalue weighted by molar-refractivity contribution is 5.86. The van der Waals surface area contributed by atoms with Crippen LogP contribution in [0.4, 0.5) is 0 Å². The molecule has 0 saturated carbocycles. The molecular weight excluding hydrogens is 220 g/mol. The van der Waals surface area contributed by atoms with Crippen LogP contribution in [0, 0.1) is 11.3 Å². The Morgan fingerprint density at radius 2 is 2.24 bits per heavy atom. The van der Waals surface area contributed by atoms with Gasteiger partial charge < -0.3 is 9.84 Å². The smallest absolute Gasteiger partial charge is 0.316 e. The summed E-state index contributed by atoms with van der Waals surface area (Å²) in [5.41, 5.74) is -1.02. The van der Waals surface area contributed by atoms with E-state index in [1.807, 2.05) is 13.0 Å². The zero-order valence-corrected chi connectivity index (χ0v) is 10.4. The molecule has 17 heavy (non-hydrogen) atoms. The van der Waals surface area contributed by atoms with Crippen molar-refractivity contribution in [1.29, 1.82) is 0 Å². The number of hydrogen-bond acceptors (Lipinski definition) is 3. The van der Waals surface area contributed by atoms with E-state index in [9.17, 15) is 9.59 Å². The fourth-order valence-electron chi connectivity index (χ4n) is 2.06. The van der Waals surface area contributed by atoms with Gasteiger partial charge in [-0.2, -0.15) is 0 Å². The molecule has 4 heteroatoms. The van der Waals surface area contributed by atoms with Gasteiger partial charge in [-0.3, -0.25) is 9.59 Å². The van der Waals surface area contributed by atoms with Gasteiger partial charge in [-0.05, 0) is 26.2 Å². The fourth-order valence-corrected chi connectivity index (χ4v) is 2.06. The predicted molar refractivity (Wildman–Crippen MR) is 63.5 cm³/mol. The number of carbonyl (C=O) groups excluding carboxylic acids is 1. The zero-order chi connectivity index (χ0) is 12.9. The topological polar surface area (TPSA) is 63.6 Å². The van der Waals surface area contributed by atoms with Crippen molar-refractivity contribution < 1.29 is 19.4 Å². The normalized spacial score (nSPS) is 27.8. The van der Waals surface area contributed by atoms with Gasteiger partial charge in [0.1, 0.15) is 0 Å². The minimum atomic E-state index is -1.02. The van der Waals surface area contributed by atoms with Gasteiger partial charge in [0, 0.05) is 0 Å². The molecule has 0 aliphatic heterocycles. The summed E-state index contributed by atoms with van der Waals surface area (Å²) in [6.45, 7) is 4.02. The van der Waals surface area contributed by atoms with E-state index < -0.39 is 23.3 Å². The van der Waals surface area contributed by atoms with Crippen molar-refractivity contribution in [1.82, 2.24) is 0 Å². The first-order valence-corrected chi connectivity index (χ1v) is 6.10. The second-order valence-electron chi connectivity index (χ2n) is 4.64. The quantitative estimate of drug-likeness (QED) is 0.455. The molecule has 1 rings (SSSR count). The third-order valence-electron chi connectivity index (χ3n) is 3.28. The average Bonchev–Trinajstić information content (AvgIpc) is 2.29. The van der Waals surface area contributed by atoms with Crippen LogP contribution in [-0.4, -0.2) is 23.7 Å². The van der Waals surface area contributed by atoms with Gasteiger partial charge >= 0.3 is 11.9 Å². The molecule has 0 fully saturated rings. The summed E-state index contributed by atoms with van der Waals surface area (Å²) in [6, 6.07) is 0. The van der Waals surface area contributed by atoms with Gasteiger partial charge in [-0.25, -0.2) is 0 Å². The molecule has 0 bridgehead atoms. The van der Waals surface area contributed by atoms with Crippen LogP contribution in [0.15, 0.2) is 12.2 Å². The van der Waals surface area contributed by atoms with Gasteiger partial charge in [0.25, 0.3) is 0 Å². The lowest BCUT2D eigenvalue weighted by Crippen LogP contribution is -2.41. The average molecular weight is 240 g/mol. The van der Waals surface area contributed by atoms with Crippen LogP contribution >= 0.6 is 0 Å². The molecule has 0 spiro atoms. The number of hydrogen-bond donors (Lipinski definition) is 1. The molecule has 0 aromatic carbocycles. The second kappa shape index (κ2) is 5.84. The van der Waals surface area contributed by atoms with E-state index in [1.54, 1.807) is 13.0 Å². The fraction of sp³-hybridized carbons (Fsp3) is 0.692. The number of rotatable bonds is 5. The number of carboxylic acid groups (broad SMARTS) is 1. The summed E-state index contributed by atoms with van der Waals surface area (Å²) < 4.78 is 5.15. The van der Waals surface area contributed by atoms with Crippen molar-refractivity contribution >= 4 is 11.9 Å². The number of carboxylic acids is 1. The lowest BCUT2D eigenvalue weighted by molar-refractivity contribution is -0.163. The van der Waals surface area contributed by atoms with E-state index in [0.29, 0.717) is 19.4 Å². The third kappa shape index (κ3) is 3.08. The van der Waals surface area contributed by atoms with Crippen LogP contribution in [0.25, 0.3) is 0 Å². The molecule has 4 nitrogen and oxygen atoms in total. The van der Waals surface area contributed by atoms with E-state index in [0.717, 1.165) is 12.8 Å². The van der Waals surface area contributed by atoms with Crippen LogP contribution in [0.3, 0.4) is 0 Å². The summed E-state index contributed by atoms with van der Waals surface area (Å²) >= 11 is 0. The van der Waals surface area contributed by atoms with Crippen LogP contribution in [-0.2, 0) is 14.3 Å². The monoisotopic (exact) mass is 240 g/mol. The third-order valence-corrected chi connectivity index (χ3v) is 3.28. The van der Waals surface area contributed by atoms with Gasteiger partial charge in [0.15, 0.2) is 0 Å². The van der Waals surface area contributed by atoms with Crippen LogP contribution < -0.4 is 0 Å². The number of aliphatic carboxylic acids is 1. The molecule has 1 N–H and O–H groups in total. The van der Waals surface area contributed by atoms with Gasteiger partial charge in [-0.1, -0.05) is 25.5 Å². The minimum absolute atomic E-state index is 0.366. The van der Waals surface area contributed by atoms with Gasteiger partial charge in [0.05, 0.1) is 17.9 Å². The number of allylic oxidation sites excluding steroid dienone is 1. The molecule has 1 aliphatic carbocycles. The Balaban J connectivity index is 2.74. The first kappa shape index (κ1) is 13.7. The highest BCUT2D eigenvalue weighted by Gasteiger charge is 2.45.